The van der Waals surface area contributed by atoms with Crippen LogP contribution in [0.1, 0.15) is 39.7 Å². The number of methoxy groups -OCH3 is 1. The van der Waals surface area contributed by atoms with Crippen molar-refractivity contribution in [3.05, 3.63) is 29.6 Å². The average molecular weight is 269 g/mol. The van der Waals surface area contributed by atoms with Gasteiger partial charge in [0.1, 0.15) is 0 Å². The molecule has 0 amide bonds. The van der Waals surface area contributed by atoms with Crippen molar-refractivity contribution < 1.29 is 14.2 Å². The zero-order valence-electron chi connectivity index (χ0n) is 12.4. The summed E-state index contributed by atoms with van der Waals surface area (Å²) in [5.41, 5.74) is -0.984. The summed E-state index contributed by atoms with van der Waals surface area (Å²) in [6.45, 7) is 8.37. The van der Waals surface area contributed by atoms with Gasteiger partial charge in [-0.05, 0) is 46.7 Å². The van der Waals surface area contributed by atoms with Gasteiger partial charge in [-0.1, -0.05) is 12.1 Å². The maximum Gasteiger partial charge on any atom is 0.171 e. The molecule has 0 aromatic heterocycles. The Morgan fingerprint density at radius 2 is 1.89 bits per heavy atom. The third-order valence-corrected chi connectivity index (χ3v) is 3.03. The van der Waals surface area contributed by atoms with Crippen LogP contribution in [0.3, 0.4) is 0 Å². The summed E-state index contributed by atoms with van der Waals surface area (Å²) in [6.07, 6.45) is 0.425. The van der Waals surface area contributed by atoms with Crippen LogP contribution in [0.25, 0.3) is 0 Å². The van der Waals surface area contributed by atoms with Crippen molar-refractivity contribution in [1.29, 1.82) is 0 Å². The first kappa shape index (κ1) is 15.9. The summed E-state index contributed by atoms with van der Waals surface area (Å²) in [6, 6.07) is 4.82. The SMILES string of the molecule is COc1cccc(C(C)(O)CCNC(C)(C)C)c1F. The van der Waals surface area contributed by atoms with E-state index in [1.54, 1.807) is 25.1 Å². The van der Waals surface area contributed by atoms with Crippen LogP contribution in [0.2, 0.25) is 0 Å². The number of ether oxygens (including phenoxy) is 1. The van der Waals surface area contributed by atoms with Crippen LogP contribution in [0.5, 0.6) is 5.75 Å². The molecule has 1 aromatic carbocycles. The molecule has 0 radical (unpaired) electrons. The average Bonchev–Trinajstić information content (AvgIpc) is 2.27. The third kappa shape index (κ3) is 4.48. The van der Waals surface area contributed by atoms with E-state index >= 15 is 0 Å². The molecule has 0 aliphatic carbocycles. The quantitative estimate of drug-likeness (QED) is 0.863. The molecule has 1 unspecified atom stereocenters. The van der Waals surface area contributed by atoms with Crippen LogP contribution in [-0.4, -0.2) is 24.3 Å². The Morgan fingerprint density at radius 3 is 2.42 bits per heavy atom. The highest BCUT2D eigenvalue weighted by Gasteiger charge is 2.28. The lowest BCUT2D eigenvalue weighted by Crippen LogP contribution is -2.39. The van der Waals surface area contributed by atoms with Crippen LogP contribution < -0.4 is 10.1 Å². The van der Waals surface area contributed by atoms with E-state index in [-0.39, 0.29) is 16.9 Å². The summed E-state index contributed by atoms with van der Waals surface area (Å²) in [5.74, 6) is -0.340. The zero-order chi connectivity index (χ0) is 14.7. The Balaban J connectivity index is 2.82. The molecule has 0 saturated carbocycles. The fourth-order valence-corrected chi connectivity index (χ4v) is 1.90. The van der Waals surface area contributed by atoms with E-state index in [9.17, 15) is 9.50 Å². The lowest BCUT2D eigenvalue weighted by Gasteiger charge is -2.28. The van der Waals surface area contributed by atoms with Crippen molar-refractivity contribution in [1.82, 2.24) is 5.32 Å². The van der Waals surface area contributed by atoms with E-state index in [0.29, 0.717) is 13.0 Å². The van der Waals surface area contributed by atoms with Crippen LogP contribution in [-0.2, 0) is 5.60 Å². The topological polar surface area (TPSA) is 41.5 Å². The van der Waals surface area contributed by atoms with Crippen LogP contribution in [0, 0.1) is 5.82 Å². The first-order valence-electron chi connectivity index (χ1n) is 6.48. The predicted octanol–water partition coefficient (Wildman–Crippen LogP) is 2.82. The number of benzene rings is 1. The van der Waals surface area contributed by atoms with Gasteiger partial charge in [0.05, 0.1) is 12.7 Å². The van der Waals surface area contributed by atoms with E-state index < -0.39 is 11.4 Å². The largest absolute Gasteiger partial charge is 0.494 e. The maximum absolute atomic E-state index is 14.1. The van der Waals surface area contributed by atoms with Gasteiger partial charge < -0.3 is 15.2 Å². The summed E-state index contributed by atoms with van der Waals surface area (Å²) in [5, 5.41) is 13.7. The molecule has 2 N–H and O–H groups in total. The van der Waals surface area contributed by atoms with Crippen LogP contribution in [0.15, 0.2) is 18.2 Å². The minimum Gasteiger partial charge on any atom is -0.494 e. The van der Waals surface area contributed by atoms with Crippen LogP contribution >= 0.6 is 0 Å². The second kappa shape index (κ2) is 5.88. The highest BCUT2D eigenvalue weighted by atomic mass is 19.1. The van der Waals surface area contributed by atoms with E-state index in [2.05, 4.69) is 5.32 Å². The Morgan fingerprint density at radius 1 is 1.26 bits per heavy atom. The first-order valence-corrected chi connectivity index (χ1v) is 6.48. The molecule has 0 heterocycles. The molecule has 0 aliphatic rings. The Bertz CT molecular complexity index is 425. The van der Waals surface area contributed by atoms with Crippen LogP contribution in [0.4, 0.5) is 4.39 Å². The molecular formula is C15H24FNO2. The van der Waals surface area contributed by atoms with E-state index in [0.717, 1.165) is 0 Å². The van der Waals surface area contributed by atoms with E-state index in [1.165, 1.54) is 7.11 Å². The standard InChI is InChI=1S/C15H24FNO2/c1-14(2,3)17-10-9-15(4,18)11-7-6-8-12(19-5)13(11)16/h6-8,17-18H,9-10H2,1-5H3. The highest BCUT2D eigenvalue weighted by molar-refractivity contribution is 5.34. The van der Waals surface area contributed by atoms with Gasteiger partial charge in [-0.25, -0.2) is 4.39 Å². The lowest BCUT2D eigenvalue weighted by molar-refractivity contribution is 0.0423. The minimum atomic E-state index is -1.23. The van der Waals surface area contributed by atoms with Gasteiger partial charge in [0.15, 0.2) is 11.6 Å². The van der Waals surface area contributed by atoms with Crippen molar-refractivity contribution in [2.45, 2.75) is 45.3 Å². The Hall–Kier alpha value is -1.13. The smallest absolute Gasteiger partial charge is 0.171 e. The number of rotatable bonds is 5. The van der Waals surface area contributed by atoms with Gasteiger partial charge in [-0.2, -0.15) is 0 Å². The summed E-state index contributed by atoms with van der Waals surface area (Å²) in [4.78, 5) is 0. The highest BCUT2D eigenvalue weighted by Crippen LogP contribution is 2.31. The number of nitrogens with one attached hydrogen (secondary N) is 1. The number of hydrogen-bond acceptors (Lipinski definition) is 3. The van der Waals surface area contributed by atoms with Gasteiger partial charge in [0.2, 0.25) is 0 Å². The van der Waals surface area contributed by atoms with Crippen molar-refractivity contribution in [2.24, 2.45) is 0 Å². The minimum absolute atomic E-state index is 0.0248. The van der Waals surface area contributed by atoms with Crippen molar-refractivity contribution in [3.63, 3.8) is 0 Å². The van der Waals surface area contributed by atoms with Gasteiger partial charge in [-0.3, -0.25) is 0 Å². The number of aliphatic hydroxyl groups is 1. The first-order chi connectivity index (χ1) is 8.67. The number of halogens is 1. The second-order valence-corrected chi connectivity index (χ2v) is 6.02. The van der Waals surface area contributed by atoms with Crippen molar-refractivity contribution >= 4 is 0 Å². The second-order valence-electron chi connectivity index (χ2n) is 6.02. The third-order valence-electron chi connectivity index (χ3n) is 3.03. The Kier molecular flexibility index (Phi) is 4.93. The van der Waals surface area contributed by atoms with Gasteiger partial charge >= 0.3 is 0 Å². The molecule has 0 saturated heterocycles. The maximum atomic E-state index is 14.1. The molecule has 1 rings (SSSR count). The molecule has 0 aliphatic heterocycles. The molecule has 108 valence electrons. The summed E-state index contributed by atoms with van der Waals surface area (Å²) < 4.78 is 19.1. The van der Waals surface area contributed by atoms with E-state index in [1.807, 2.05) is 20.8 Å². The molecule has 0 bridgehead atoms. The van der Waals surface area contributed by atoms with Crippen molar-refractivity contribution in [2.75, 3.05) is 13.7 Å². The molecular weight excluding hydrogens is 245 g/mol. The Labute approximate surface area is 114 Å². The summed E-state index contributed by atoms with van der Waals surface area (Å²) in [7, 11) is 1.41. The monoisotopic (exact) mass is 269 g/mol. The van der Waals surface area contributed by atoms with Gasteiger partial charge in [0.25, 0.3) is 0 Å². The lowest BCUT2D eigenvalue weighted by atomic mass is 9.91. The molecule has 4 heteroatoms. The van der Waals surface area contributed by atoms with Crippen molar-refractivity contribution in [3.8, 4) is 5.75 Å². The fourth-order valence-electron chi connectivity index (χ4n) is 1.90. The predicted molar refractivity (Wildman–Crippen MR) is 74.9 cm³/mol. The van der Waals surface area contributed by atoms with Gasteiger partial charge in [0, 0.05) is 11.1 Å². The molecule has 1 aromatic rings. The fraction of sp³-hybridized carbons (Fsp3) is 0.600. The molecule has 0 spiro atoms. The normalized spacial score (nSPS) is 15.1. The summed E-state index contributed by atoms with van der Waals surface area (Å²) >= 11 is 0. The molecule has 19 heavy (non-hydrogen) atoms. The molecule has 3 nitrogen and oxygen atoms in total. The van der Waals surface area contributed by atoms with Gasteiger partial charge in [-0.15, -0.1) is 0 Å². The van der Waals surface area contributed by atoms with E-state index in [4.69, 9.17) is 4.74 Å². The molecule has 0 fully saturated rings. The zero-order valence-corrected chi connectivity index (χ0v) is 12.4. The number of hydrogen-bond donors (Lipinski definition) is 2. The molecule has 1 atom stereocenters.